The molecule has 0 unspecified atom stereocenters. The fourth-order valence-electron chi connectivity index (χ4n) is 7.31. The van der Waals surface area contributed by atoms with Crippen molar-refractivity contribution in [2.75, 3.05) is 0 Å². The number of fused-ring (bicyclic) bond motifs is 12. The zero-order chi connectivity index (χ0) is 65.7. The molecule has 0 bridgehead atoms. The van der Waals surface area contributed by atoms with E-state index in [9.17, 15) is 16.4 Å². The van der Waals surface area contributed by atoms with Crippen LogP contribution in [0.5, 0.6) is 0 Å². The van der Waals surface area contributed by atoms with Gasteiger partial charge in [0.05, 0.1) is 65.9 Å². The van der Waals surface area contributed by atoms with Gasteiger partial charge in [-0.3, -0.25) is 0 Å². The first-order chi connectivity index (χ1) is 42.1. The fourth-order valence-corrected chi connectivity index (χ4v) is 8.39. The summed E-state index contributed by atoms with van der Waals surface area (Å²) < 4.78 is 300. The van der Waals surface area contributed by atoms with Gasteiger partial charge in [0.2, 0.25) is 0 Å². The number of furan rings is 1. The minimum atomic E-state index is -1.11. The number of hydrogen-bond donors (Lipinski definition) is 0. The Morgan fingerprint density at radius 3 is 1.67 bits per heavy atom. The molecule has 58 heavy (non-hydrogen) atoms. The van der Waals surface area contributed by atoms with Gasteiger partial charge in [-0.25, -0.2) is 0 Å². The number of rotatable bonds is 4. The molecule has 13 aromatic rings. The fraction of sp³-hybridized carbons (Fsp3) is 0. The van der Waals surface area contributed by atoms with E-state index in [4.69, 9.17) is 31.8 Å². The average molecular weight is 789 g/mol. The van der Waals surface area contributed by atoms with E-state index in [1.807, 2.05) is 0 Å². The van der Waals surface area contributed by atoms with Crippen LogP contribution in [-0.4, -0.2) is 9.13 Å². The summed E-state index contributed by atoms with van der Waals surface area (Å²) in [5.74, 6) is 0. The van der Waals surface area contributed by atoms with Crippen LogP contribution in [0.4, 0.5) is 0 Å². The van der Waals surface area contributed by atoms with Crippen molar-refractivity contribution in [3.05, 3.63) is 193 Å². The number of benzene rings is 9. The maximum absolute atomic E-state index is 10.4. The summed E-state index contributed by atoms with van der Waals surface area (Å²) >= 11 is 0.580. The van der Waals surface area contributed by atoms with Crippen molar-refractivity contribution in [1.29, 1.82) is 0 Å². The van der Waals surface area contributed by atoms with Gasteiger partial charge in [-0.15, -0.1) is 11.3 Å². The summed E-state index contributed by atoms with van der Waals surface area (Å²) in [5.41, 5.74) is -8.42. The normalized spacial score (nSPS) is 19.9. The van der Waals surface area contributed by atoms with Gasteiger partial charge in [0.25, 0.3) is 0 Å². The van der Waals surface area contributed by atoms with Crippen LogP contribution >= 0.6 is 11.3 Å². The zero-order valence-electron chi connectivity index (χ0n) is 60.7. The summed E-state index contributed by atoms with van der Waals surface area (Å²) in [6.07, 6.45) is 0. The third-order valence-electron chi connectivity index (χ3n) is 9.73. The molecular formula is C54H32N2OS. The second-order valence-corrected chi connectivity index (χ2v) is 13.8. The van der Waals surface area contributed by atoms with Crippen molar-refractivity contribution >= 4 is 97.1 Å². The van der Waals surface area contributed by atoms with Crippen LogP contribution < -0.4 is 0 Å². The number of hydrogen-bond acceptors (Lipinski definition) is 2. The molecule has 0 aliphatic rings. The topological polar surface area (TPSA) is 23.0 Å². The van der Waals surface area contributed by atoms with Gasteiger partial charge in [-0.2, -0.15) is 0 Å². The lowest BCUT2D eigenvalue weighted by atomic mass is 9.99. The molecule has 0 saturated heterocycles. The molecule has 4 heterocycles. The minimum Gasteiger partial charge on any atom is -0.455 e. The largest absolute Gasteiger partial charge is 0.455 e. The SMILES string of the molecule is [2H]c1c([2H])c([2H])c(-n2c3c([2H])c([2H])c([2H])c([2H])c3c3c([2H])c(-c4c([2H])c([2H])c5c(c4[2H])c4c([2H])c([2H])c([2H])c([2H])c4n5-c4c([2H])c(-c5c([2H])c([2H])c([2H])c6c5oc5c([2H])c([2H])c([2H])c([2H])c56)c5sc6c([2H])c([2H])c([2H])c([2H])c6c5c4[2H])c([2H])c([2H])c32)c([2H])c1[2H]. The van der Waals surface area contributed by atoms with Crippen molar-refractivity contribution in [2.45, 2.75) is 0 Å². The van der Waals surface area contributed by atoms with Crippen molar-refractivity contribution in [3.8, 4) is 33.6 Å². The Morgan fingerprint density at radius 1 is 0.379 bits per heavy atom. The zero-order valence-corrected chi connectivity index (χ0v) is 29.5. The molecule has 0 saturated carbocycles. The van der Waals surface area contributed by atoms with Crippen LogP contribution in [0.15, 0.2) is 198 Å². The first-order valence-electron chi connectivity index (χ1n) is 33.2. The van der Waals surface area contributed by atoms with E-state index in [-0.39, 0.29) is 14.8 Å². The number of thiophene rings is 1. The van der Waals surface area contributed by atoms with E-state index < -0.39 is 298 Å². The summed E-state index contributed by atoms with van der Waals surface area (Å²) in [4.78, 5) is 0. The summed E-state index contributed by atoms with van der Waals surface area (Å²) in [7, 11) is 0. The maximum Gasteiger partial charge on any atom is 0.143 e. The highest BCUT2D eigenvalue weighted by Crippen LogP contribution is 2.46. The quantitative estimate of drug-likeness (QED) is 0.174. The summed E-state index contributed by atoms with van der Waals surface area (Å²) in [6, 6.07) is -28.7. The standard InChI is InChI=1S/C54H32N2OS/c1-2-13-35(14-3-1)55-47-21-8-4-15-37(47)43-29-33(25-27-49(43)55)34-26-28-50-44(30-34)38-16-5-9-22-48(38)56(50)36-31-45-40-18-7-11-24-52(40)58-54(45)46(32-36)42-20-12-19-41-39-17-6-10-23-51(39)57-53(41)42/h1-32H/i1D,2D,3D,4D,5D,6D,7D,8D,9D,10D,11D,12D,13D,14D,15D,16D,17D,18D,19D,20D,21D,22D,23D,24D,25D,26D,27D,28D,29D,30D,31D,32D. The van der Waals surface area contributed by atoms with Gasteiger partial charge in [0.15, 0.2) is 0 Å². The van der Waals surface area contributed by atoms with Gasteiger partial charge < -0.3 is 13.6 Å². The molecule has 3 nitrogen and oxygen atoms in total. The lowest BCUT2D eigenvalue weighted by Crippen LogP contribution is -1.95. The smallest absolute Gasteiger partial charge is 0.143 e. The predicted molar refractivity (Wildman–Crippen MR) is 246 cm³/mol. The Bertz CT molecular complexity index is 5670. The van der Waals surface area contributed by atoms with Gasteiger partial charge in [-0.1, -0.05) is 121 Å². The van der Waals surface area contributed by atoms with E-state index in [0.29, 0.717) is 11.3 Å². The van der Waals surface area contributed by atoms with E-state index in [1.165, 1.54) is 0 Å². The van der Waals surface area contributed by atoms with Gasteiger partial charge in [0, 0.05) is 75.0 Å². The molecule has 4 aromatic heterocycles. The molecule has 0 amide bonds. The van der Waals surface area contributed by atoms with Crippen molar-refractivity contribution in [3.63, 3.8) is 0 Å². The van der Waals surface area contributed by atoms with Gasteiger partial charge in [0.1, 0.15) is 11.2 Å². The average Bonchev–Trinajstić information content (AvgIpc) is 1.51. The maximum atomic E-state index is 10.4. The highest BCUT2D eigenvalue weighted by molar-refractivity contribution is 7.26. The molecule has 9 aromatic carbocycles. The van der Waals surface area contributed by atoms with Crippen LogP contribution in [-0.2, 0) is 0 Å². The lowest BCUT2D eigenvalue weighted by Gasteiger charge is -2.13. The second-order valence-electron chi connectivity index (χ2n) is 12.8. The van der Waals surface area contributed by atoms with Crippen LogP contribution in [0.25, 0.3) is 119 Å². The Hall–Kier alpha value is -7.40. The third-order valence-corrected chi connectivity index (χ3v) is 10.9. The lowest BCUT2D eigenvalue weighted by molar-refractivity contribution is 0.670. The van der Waals surface area contributed by atoms with Crippen LogP contribution in [0.1, 0.15) is 43.9 Å². The van der Waals surface area contributed by atoms with Crippen molar-refractivity contribution < 1.29 is 48.3 Å². The Kier molecular flexibility index (Phi) is 2.89. The third kappa shape index (κ3) is 4.49. The molecule has 270 valence electrons. The van der Waals surface area contributed by atoms with E-state index in [2.05, 4.69) is 0 Å². The molecule has 4 heteroatoms. The van der Waals surface area contributed by atoms with Crippen LogP contribution in [0.2, 0.25) is 0 Å². The number of aromatic nitrogens is 2. The Morgan fingerprint density at radius 2 is 0.948 bits per heavy atom. The summed E-state index contributed by atoms with van der Waals surface area (Å²) in [5, 5.41) is -4.28. The van der Waals surface area contributed by atoms with Crippen molar-refractivity contribution in [2.24, 2.45) is 0 Å². The van der Waals surface area contributed by atoms with Crippen LogP contribution in [0, 0.1) is 0 Å². The predicted octanol–water partition coefficient (Wildman–Crippen LogP) is 15.5. The first kappa shape index (κ1) is 13.9. The van der Waals surface area contributed by atoms with Gasteiger partial charge >= 0.3 is 0 Å². The number of nitrogens with zero attached hydrogens (tertiary/aromatic N) is 2. The molecule has 0 aliphatic carbocycles. The molecule has 0 aliphatic heterocycles. The van der Waals surface area contributed by atoms with E-state index >= 15 is 0 Å². The Labute approximate surface area is 381 Å². The monoisotopic (exact) mass is 788 g/mol. The molecular weight excluding hydrogens is 725 g/mol. The van der Waals surface area contributed by atoms with Crippen LogP contribution in [0.3, 0.4) is 0 Å². The molecule has 0 N–H and O–H groups in total. The molecule has 0 spiro atoms. The second kappa shape index (κ2) is 12.1. The highest BCUT2D eigenvalue weighted by Gasteiger charge is 2.21. The highest BCUT2D eigenvalue weighted by atomic mass is 32.1. The minimum absolute atomic E-state index is 0.246. The van der Waals surface area contributed by atoms with Gasteiger partial charge in [-0.05, 0) is 83.6 Å². The summed E-state index contributed by atoms with van der Waals surface area (Å²) in [6.45, 7) is 0. The Balaban J connectivity index is 1.25. The van der Waals surface area contributed by atoms with E-state index in [1.54, 1.807) is 0 Å². The molecule has 13 rings (SSSR count). The molecule has 0 radical (unpaired) electrons. The first-order valence-corrected chi connectivity index (χ1v) is 18.0. The molecule has 0 fully saturated rings. The number of para-hydroxylation sites is 5. The van der Waals surface area contributed by atoms with E-state index in [0.717, 1.165) is 9.13 Å². The molecule has 0 atom stereocenters. The van der Waals surface area contributed by atoms with Crippen molar-refractivity contribution in [1.82, 2.24) is 9.13 Å².